The van der Waals surface area contributed by atoms with Gasteiger partial charge in [-0.1, -0.05) is 6.07 Å². The second kappa shape index (κ2) is 7.67. The van der Waals surface area contributed by atoms with Gasteiger partial charge < -0.3 is 15.0 Å². The summed E-state index contributed by atoms with van der Waals surface area (Å²) in [6, 6.07) is 14.9. The number of carbonyl (C=O) groups is 1. The van der Waals surface area contributed by atoms with Crippen molar-refractivity contribution in [1.29, 1.82) is 5.26 Å². The minimum atomic E-state index is -0.360. The van der Waals surface area contributed by atoms with Crippen molar-refractivity contribution >= 4 is 11.7 Å². The molecule has 0 aromatic heterocycles. The molecule has 2 aromatic carbocycles. The molecule has 25 heavy (non-hydrogen) atoms. The third-order valence-corrected chi connectivity index (χ3v) is 4.10. The van der Waals surface area contributed by atoms with Crippen LogP contribution in [0, 0.1) is 23.1 Å². The van der Waals surface area contributed by atoms with E-state index in [-0.39, 0.29) is 17.8 Å². The monoisotopic (exact) mass is 339 g/mol. The summed E-state index contributed by atoms with van der Waals surface area (Å²) in [5, 5.41) is 11.7. The molecule has 0 unspecified atom stereocenters. The fraction of sp³-hybridized carbons (Fsp3) is 0.263. The topological polar surface area (TPSA) is 65.4 Å². The Hall–Kier alpha value is -3.07. The van der Waals surface area contributed by atoms with E-state index in [1.54, 1.807) is 41.3 Å². The average molecular weight is 339 g/mol. The van der Waals surface area contributed by atoms with Crippen LogP contribution in [-0.4, -0.2) is 24.0 Å². The Labute approximate surface area is 145 Å². The molecule has 128 valence electrons. The number of ether oxygens (including phenoxy) is 1. The number of anilines is 1. The van der Waals surface area contributed by atoms with E-state index >= 15 is 0 Å². The third-order valence-electron chi connectivity index (χ3n) is 4.10. The van der Waals surface area contributed by atoms with Gasteiger partial charge in [-0.15, -0.1) is 0 Å². The van der Waals surface area contributed by atoms with Crippen LogP contribution in [0.4, 0.5) is 14.9 Å². The number of benzene rings is 2. The number of hydrogen-bond donors (Lipinski definition) is 1. The maximum Gasteiger partial charge on any atom is 0.321 e. The Morgan fingerprint density at radius 2 is 1.88 bits per heavy atom. The molecular formula is C19H18FN3O2. The number of nitrogens with zero attached hydrogens (tertiary/aromatic N) is 2. The molecule has 0 bridgehead atoms. The fourth-order valence-corrected chi connectivity index (χ4v) is 2.69. The van der Waals surface area contributed by atoms with Crippen molar-refractivity contribution in [2.45, 2.75) is 12.8 Å². The van der Waals surface area contributed by atoms with E-state index < -0.39 is 0 Å². The van der Waals surface area contributed by atoms with Gasteiger partial charge in [0.05, 0.1) is 6.07 Å². The zero-order valence-corrected chi connectivity index (χ0v) is 13.6. The lowest BCUT2D eigenvalue weighted by Gasteiger charge is -2.29. The van der Waals surface area contributed by atoms with E-state index in [0.717, 1.165) is 0 Å². The van der Waals surface area contributed by atoms with Gasteiger partial charge in [0.2, 0.25) is 0 Å². The van der Waals surface area contributed by atoms with Gasteiger partial charge in [0.25, 0.3) is 0 Å². The molecule has 0 atom stereocenters. The van der Waals surface area contributed by atoms with Crippen LogP contribution in [0.5, 0.6) is 11.5 Å². The van der Waals surface area contributed by atoms with Crippen LogP contribution in [0.25, 0.3) is 0 Å². The molecule has 1 fully saturated rings. The zero-order chi connectivity index (χ0) is 17.6. The molecular weight excluding hydrogens is 321 g/mol. The molecule has 1 N–H and O–H groups in total. The Balaban J connectivity index is 1.56. The van der Waals surface area contributed by atoms with Gasteiger partial charge in [-0.05, 0) is 49.2 Å². The highest BCUT2D eigenvalue weighted by molar-refractivity contribution is 5.89. The van der Waals surface area contributed by atoms with Gasteiger partial charge in [-0.3, -0.25) is 0 Å². The molecule has 5 nitrogen and oxygen atoms in total. The molecule has 1 aliphatic rings. The highest BCUT2D eigenvalue weighted by atomic mass is 19.1. The largest absolute Gasteiger partial charge is 0.457 e. The molecule has 1 saturated heterocycles. The first-order valence-electron chi connectivity index (χ1n) is 8.13. The standard InChI is InChI=1S/C19H18FN3O2/c20-15-2-1-3-18(12-15)25-17-6-4-16(5-7-17)22-19(24)23-10-8-14(13-21)9-11-23/h1-7,12,14H,8-11H2,(H,22,24). The summed E-state index contributed by atoms with van der Waals surface area (Å²) in [5.41, 5.74) is 0.652. The molecule has 2 amide bonds. The van der Waals surface area contributed by atoms with E-state index in [4.69, 9.17) is 10.00 Å². The molecule has 0 radical (unpaired) electrons. The molecule has 1 aliphatic heterocycles. The maximum atomic E-state index is 13.2. The fourth-order valence-electron chi connectivity index (χ4n) is 2.69. The van der Waals surface area contributed by atoms with E-state index in [1.807, 2.05) is 0 Å². The second-order valence-corrected chi connectivity index (χ2v) is 5.90. The lowest BCUT2D eigenvalue weighted by atomic mass is 9.99. The lowest BCUT2D eigenvalue weighted by molar-refractivity contribution is 0.192. The van der Waals surface area contributed by atoms with E-state index in [0.29, 0.717) is 43.1 Å². The lowest BCUT2D eigenvalue weighted by Crippen LogP contribution is -2.40. The van der Waals surface area contributed by atoms with Gasteiger partial charge in [0.1, 0.15) is 17.3 Å². The maximum absolute atomic E-state index is 13.2. The van der Waals surface area contributed by atoms with Crippen LogP contribution in [0.1, 0.15) is 12.8 Å². The SMILES string of the molecule is N#CC1CCN(C(=O)Nc2ccc(Oc3cccc(F)c3)cc2)CC1. The molecule has 0 spiro atoms. The normalized spacial score (nSPS) is 14.6. The first kappa shape index (κ1) is 16.8. The Morgan fingerprint density at radius 1 is 1.16 bits per heavy atom. The molecule has 0 aliphatic carbocycles. The summed E-state index contributed by atoms with van der Waals surface area (Å²) >= 11 is 0. The summed E-state index contributed by atoms with van der Waals surface area (Å²) in [4.78, 5) is 13.9. The number of halogens is 1. The summed E-state index contributed by atoms with van der Waals surface area (Å²) < 4.78 is 18.7. The number of carbonyl (C=O) groups excluding carboxylic acids is 1. The molecule has 3 rings (SSSR count). The van der Waals surface area contributed by atoms with Crippen LogP contribution in [0.2, 0.25) is 0 Å². The minimum Gasteiger partial charge on any atom is -0.457 e. The van der Waals surface area contributed by atoms with Crippen molar-refractivity contribution in [3.63, 3.8) is 0 Å². The minimum absolute atomic E-state index is 0.0447. The molecule has 6 heteroatoms. The van der Waals surface area contributed by atoms with Crippen molar-refractivity contribution in [2.24, 2.45) is 5.92 Å². The van der Waals surface area contributed by atoms with Crippen LogP contribution in [0.15, 0.2) is 48.5 Å². The number of nitriles is 1. The summed E-state index contributed by atoms with van der Waals surface area (Å²) in [6.07, 6.45) is 1.43. The van der Waals surface area contributed by atoms with E-state index in [2.05, 4.69) is 11.4 Å². The number of amides is 2. The Bertz CT molecular complexity index is 778. The van der Waals surface area contributed by atoms with Gasteiger partial charge in [0, 0.05) is 30.8 Å². The van der Waals surface area contributed by atoms with E-state index in [1.165, 1.54) is 12.1 Å². The predicted molar refractivity (Wildman–Crippen MR) is 91.8 cm³/mol. The number of piperidine rings is 1. The number of rotatable bonds is 3. The number of likely N-dealkylation sites (tertiary alicyclic amines) is 1. The van der Waals surface area contributed by atoms with Gasteiger partial charge in [0.15, 0.2) is 0 Å². The van der Waals surface area contributed by atoms with Gasteiger partial charge in [-0.2, -0.15) is 5.26 Å². The third kappa shape index (κ3) is 4.48. The quantitative estimate of drug-likeness (QED) is 0.902. The van der Waals surface area contributed by atoms with Crippen molar-refractivity contribution in [2.75, 3.05) is 18.4 Å². The zero-order valence-electron chi connectivity index (χ0n) is 13.6. The van der Waals surface area contributed by atoms with Crippen molar-refractivity contribution in [3.8, 4) is 17.6 Å². The average Bonchev–Trinajstić information content (AvgIpc) is 2.63. The summed E-state index contributed by atoms with van der Waals surface area (Å²) in [6.45, 7) is 1.18. The van der Waals surface area contributed by atoms with Crippen LogP contribution >= 0.6 is 0 Å². The first-order valence-corrected chi connectivity index (χ1v) is 8.13. The number of urea groups is 1. The van der Waals surface area contributed by atoms with Crippen molar-refractivity contribution in [1.82, 2.24) is 4.90 Å². The highest BCUT2D eigenvalue weighted by Gasteiger charge is 2.22. The van der Waals surface area contributed by atoms with Gasteiger partial charge >= 0.3 is 6.03 Å². The molecule has 2 aromatic rings. The highest BCUT2D eigenvalue weighted by Crippen LogP contribution is 2.24. The summed E-state index contributed by atoms with van der Waals surface area (Å²) in [7, 11) is 0. The molecule has 1 heterocycles. The van der Waals surface area contributed by atoms with Crippen molar-refractivity contribution < 1.29 is 13.9 Å². The number of nitrogens with one attached hydrogen (secondary N) is 1. The molecule has 0 saturated carbocycles. The van der Waals surface area contributed by atoms with E-state index in [9.17, 15) is 9.18 Å². The van der Waals surface area contributed by atoms with Crippen LogP contribution < -0.4 is 10.1 Å². The van der Waals surface area contributed by atoms with Crippen LogP contribution in [0.3, 0.4) is 0 Å². The predicted octanol–water partition coefficient (Wildman–Crippen LogP) is 4.39. The van der Waals surface area contributed by atoms with Gasteiger partial charge in [-0.25, -0.2) is 9.18 Å². The summed E-state index contributed by atoms with van der Waals surface area (Å²) in [5.74, 6) is 0.653. The smallest absolute Gasteiger partial charge is 0.321 e. The Kier molecular flexibility index (Phi) is 5.14. The van der Waals surface area contributed by atoms with Crippen LogP contribution in [-0.2, 0) is 0 Å². The van der Waals surface area contributed by atoms with Crippen molar-refractivity contribution in [3.05, 3.63) is 54.3 Å². The Morgan fingerprint density at radius 3 is 2.52 bits per heavy atom. The second-order valence-electron chi connectivity index (χ2n) is 5.90. The number of hydrogen-bond acceptors (Lipinski definition) is 3. The first-order chi connectivity index (χ1) is 12.1.